The molecule has 0 aromatic heterocycles. The molecule has 4 aliphatic rings. The van der Waals surface area contributed by atoms with E-state index in [1.165, 1.54) is 4.31 Å². The number of carbonyl (C=O) groups is 2. The normalized spacial score (nSPS) is 18.6. The van der Waals surface area contributed by atoms with Gasteiger partial charge in [0.2, 0.25) is 10.0 Å². The zero-order chi connectivity index (χ0) is 54.2. The van der Waals surface area contributed by atoms with Gasteiger partial charge in [-0.15, -0.1) is 0 Å². The third kappa shape index (κ3) is 17.3. The van der Waals surface area contributed by atoms with Gasteiger partial charge in [0, 0.05) is 72.4 Å². The first kappa shape index (κ1) is 59.2. The zero-order valence-corrected chi connectivity index (χ0v) is 47.6. The van der Waals surface area contributed by atoms with Gasteiger partial charge in [0.15, 0.2) is 0 Å². The van der Waals surface area contributed by atoms with Gasteiger partial charge in [-0.2, -0.15) is 4.31 Å². The Kier molecular flexibility index (Phi) is 22.7. The maximum absolute atomic E-state index is 13.4. The minimum atomic E-state index is -3.68. The smallest absolute Gasteiger partial charge is 0.314 e. The largest absolute Gasteiger partial charge is 0.486 e. The summed E-state index contributed by atoms with van der Waals surface area (Å²) in [4.78, 5) is 25.3. The molecule has 23 heteroatoms. The molecule has 0 radical (unpaired) electrons. The Morgan fingerprint density at radius 2 is 1.00 bits per heavy atom. The van der Waals surface area contributed by atoms with Crippen molar-refractivity contribution in [1.29, 1.82) is 0 Å². The number of amides is 4. The Morgan fingerprint density at radius 3 is 1.48 bits per heavy atom. The molecule has 0 saturated carbocycles. The fraction of sp³-hybridized carbons (Fsp3) is 0.519. The highest BCUT2D eigenvalue weighted by atomic mass is 35.5. The third-order valence-electron chi connectivity index (χ3n) is 13.9. The van der Waals surface area contributed by atoms with E-state index in [9.17, 15) is 22.2 Å². The Bertz CT molecular complexity index is 2720. The van der Waals surface area contributed by atoms with Crippen LogP contribution in [-0.2, 0) is 52.8 Å². The number of carbonyl (C=O) groups excluding carboxylic acids is 2. The summed E-state index contributed by atoms with van der Waals surface area (Å²) in [5.74, 6) is 1.28. The van der Waals surface area contributed by atoms with Crippen molar-refractivity contribution in [2.75, 3.05) is 92.0 Å². The summed E-state index contributed by atoms with van der Waals surface area (Å²) in [6.07, 6.45) is 6.94. The summed E-state index contributed by atoms with van der Waals surface area (Å²) in [6.45, 7) is 5.83. The quantitative estimate of drug-likeness (QED) is 0.0416. The van der Waals surface area contributed by atoms with Gasteiger partial charge in [0.25, 0.3) is 0 Å². The fourth-order valence-electron chi connectivity index (χ4n) is 9.81. The molecule has 2 aliphatic carbocycles. The molecule has 0 spiro atoms. The lowest BCUT2D eigenvalue weighted by Crippen LogP contribution is -2.41. The molecule has 4 N–H and O–H groups in total. The van der Waals surface area contributed by atoms with Crippen LogP contribution in [0.15, 0.2) is 82.6 Å². The molecule has 2 aliphatic heterocycles. The first-order valence-electron chi connectivity index (χ1n) is 26.4. The fourth-order valence-corrected chi connectivity index (χ4v) is 13.7. The summed E-state index contributed by atoms with van der Waals surface area (Å²) in [7, 11) is -4.96. The SMILES string of the molecule is O=C(NCCCCNC(=O)NCCOCCOC1CCN(S(=O)(=O)c2ccc(O[C@@H]3CCc4c(Cl)cc(Cl)cc43)cc2)CC1)NCCOCCOC1CCN(S(=O)c2ccc(O[C@@H]3CCc4c(Cl)cc(Cl)cc43)cc2)CC1. The third-order valence-corrected chi connectivity index (χ3v) is 18.4. The zero-order valence-electron chi connectivity index (χ0n) is 42.9. The summed E-state index contributed by atoms with van der Waals surface area (Å²) in [5, 5.41) is 13.6. The van der Waals surface area contributed by atoms with Crippen LogP contribution in [0.1, 0.15) is 85.8 Å². The van der Waals surface area contributed by atoms with Crippen LogP contribution < -0.4 is 30.7 Å². The Balaban J connectivity index is 0.564. The van der Waals surface area contributed by atoms with Crippen molar-refractivity contribution < 1.29 is 50.6 Å². The van der Waals surface area contributed by atoms with Gasteiger partial charge >= 0.3 is 12.1 Å². The molecular weight excluding hydrogens is 1110 g/mol. The van der Waals surface area contributed by atoms with Crippen LogP contribution >= 0.6 is 46.4 Å². The van der Waals surface area contributed by atoms with Crippen LogP contribution in [0.25, 0.3) is 0 Å². The molecule has 8 rings (SSSR count). The minimum Gasteiger partial charge on any atom is -0.486 e. The van der Waals surface area contributed by atoms with Crippen LogP contribution in [0.3, 0.4) is 0 Å². The predicted molar refractivity (Wildman–Crippen MR) is 298 cm³/mol. The van der Waals surface area contributed by atoms with Gasteiger partial charge in [0.1, 0.15) is 34.7 Å². The van der Waals surface area contributed by atoms with Crippen molar-refractivity contribution in [3.8, 4) is 11.5 Å². The van der Waals surface area contributed by atoms with Crippen LogP contribution in [0, 0.1) is 0 Å². The number of piperidine rings is 2. The number of benzene rings is 4. The van der Waals surface area contributed by atoms with E-state index in [-0.39, 0.29) is 41.4 Å². The number of nitrogens with one attached hydrogen (secondary N) is 4. The van der Waals surface area contributed by atoms with E-state index in [0.717, 1.165) is 65.7 Å². The molecule has 0 bridgehead atoms. The Morgan fingerprint density at radius 1 is 0.558 bits per heavy atom. The number of hydrogen-bond donors (Lipinski definition) is 4. The van der Waals surface area contributed by atoms with Gasteiger partial charge in [-0.1, -0.05) is 46.4 Å². The average Bonchev–Trinajstić information content (AvgIpc) is 4.04. The van der Waals surface area contributed by atoms with Crippen molar-refractivity contribution in [3.05, 3.63) is 115 Å². The summed E-state index contributed by atoms with van der Waals surface area (Å²) < 4.78 is 79.3. The van der Waals surface area contributed by atoms with Crippen molar-refractivity contribution in [3.63, 3.8) is 0 Å². The molecule has 1 unspecified atom stereocenters. The molecule has 4 aromatic carbocycles. The summed E-state index contributed by atoms with van der Waals surface area (Å²) in [5.41, 5.74) is 4.10. The molecule has 17 nitrogen and oxygen atoms in total. The van der Waals surface area contributed by atoms with Gasteiger partial charge in [-0.05, 0) is 159 Å². The minimum absolute atomic E-state index is 0.0656. The van der Waals surface area contributed by atoms with Crippen LogP contribution in [-0.4, -0.2) is 138 Å². The lowest BCUT2D eigenvalue weighted by molar-refractivity contribution is -0.0134. The molecule has 3 atom stereocenters. The number of halogens is 4. The van der Waals surface area contributed by atoms with E-state index in [1.807, 2.05) is 40.7 Å². The number of rotatable bonds is 27. The number of urea groups is 2. The number of fused-ring (bicyclic) bond motifs is 2. The van der Waals surface area contributed by atoms with E-state index in [0.29, 0.717) is 149 Å². The topological polar surface area (TPSA) is 195 Å². The highest BCUT2D eigenvalue weighted by Crippen LogP contribution is 2.42. The van der Waals surface area contributed by atoms with E-state index in [1.54, 1.807) is 36.4 Å². The van der Waals surface area contributed by atoms with Crippen molar-refractivity contribution >= 4 is 79.5 Å². The molecular formula is C54H68Cl4N6O11S2. The van der Waals surface area contributed by atoms with E-state index >= 15 is 0 Å². The van der Waals surface area contributed by atoms with Crippen molar-refractivity contribution in [2.45, 2.75) is 98.4 Å². The van der Waals surface area contributed by atoms with Gasteiger partial charge < -0.3 is 49.7 Å². The van der Waals surface area contributed by atoms with E-state index < -0.39 is 21.0 Å². The van der Waals surface area contributed by atoms with E-state index in [2.05, 4.69) is 21.3 Å². The molecule has 2 fully saturated rings. The summed E-state index contributed by atoms with van der Waals surface area (Å²) in [6, 6.07) is 20.7. The molecule has 77 heavy (non-hydrogen) atoms. The average molecular weight is 1180 g/mol. The number of sulfonamides is 1. The standard InChI is InChI=1S/C54H68Cl4N6O11S2/c55-37-33-47-45(49(57)35-37)11-13-51(47)74-41-3-7-43(8-4-41)76(67)63-23-15-39(16-24-63)72-31-29-70-27-21-61-53(65)59-19-1-2-20-60-54(66)62-22-28-71-30-32-73-40-17-25-64(26-18-40)77(68,69)44-9-5-42(6-10-44)75-52-14-12-46-48(52)34-38(56)36-50(46)58/h3-10,33-36,39-40,51-52H,1-2,11-32H2,(H2,59,61,65)(H2,60,62,66)/t51-,52-,76?/m1/s1. The Labute approximate surface area is 474 Å². The Hall–Kier alpha value is -3.96. The van der Waals surface area contributed by atoms with E-state index in [4.69, 9.17) is 74.8 Å². The number of hydrogen-bond acceptors (Lipinski definition) is 11. The molecule has 2 heterocycles. The van der Waals surface area contributed by atoms with Crippen LogP contribution in [0.2, 0.25) is 20.1 Å². The second-order valence-electron chi connectivity index (χ2n) is 19.2. The molecule has 2 saturated heterocycles. The van der Waals surface area contributed by atoms with Crippen LogP contribution in [0.5, 0.6) is 11.5 Å². The molecule has 4 amide bonds. The lowest BCUT2D eigenvalue weighted by Gasteiger charge is -2.31. The predicted octanol–water partition coefficient (Wildman–Crippen LogP) is 9.22. The van der Waals surface area contributed by atoms with Crippen molar-refractivity contribution in [1.82, 2.24) is 29.9 Å². The summed E-state index contributed by atoms with van der Waals surface area (Å²) >= 11 is 25.2. The van der Waals surface area contributed by atoms with Gasteiger partial charge in [-0.25, -0.2) is 26.5 Å². The molecule has 4 aromatic rings. The van der Waals surface area contributed by atoms with Gasteiger partial charge in [0.05, 0.1) is 61.6 Å². The monoisotopic (exact) mass is 1180 g/mol. The maximum Gasteiger partial charge on any atom is 0.314 e. The first-order chi connectivity index (χ1) is 37.3. The lowest BCUT2D eigenvalue weighted by atomic mass is 10.1. The number of ether oxygens (including phenoxy) is 6. The van der Waals surface area contributed by atoms with Gasteiger partial charge in [-0.3, -0.25) is 0 Å². The second kappa shape index (κ2) is 29.5. The number of nitrogens with zero attached hydrogens (tertiary/aromatic N) is 2. The first-order valence-corrected chi connectivity index (χ1v) is 30.4. The highest BCUT2D eigenvalue weighted by molar-refractivity contribution is 7.89. The second-order valence-corrected chi connectivity index (χ2v) is 24.3. The van der Waals surface area contributed by atoms with Crippen LogP contribution in [0.4, 0.5) is 9.59 Å². The molecule has 420 valence electrons. The van der Waals surface area contributed by atoms with Crippen molar-refractivity contribution in [2.24, 2.45) is 0 Å². The maximum atomic E-state index is 13.4. The highest BCUT2D eigenvalue weighted by Gasteiger charge is 2.32. The number of unbranched alkanes of at least 4 members (excludes halogenated alkanes) is 1.